The van der Waals surface area contributed by atoms with Gasteiger partial charge in [0, 0.05) is 20.6 Å². The number of esters is 1. The van der Waals surface area contributed by atoms with Gasteiger partial charge < -0.3 is 9.30 Å². The number of ether oxygens (including phenoxy) is 1. The summed E-state index contributed by atoms with van der Waals surface area (Å²) in [6, 6.07) is 9.77. The fourth-order valence-corrected chi connectivity index (χ4v) is 3.21. The molecule has 2 aromatic heterocycles. The maximum Gasteiger partial charge on any atom is 0.332 e. The van der Waals surface area contributed by atoms with Crippen molar-refractivity contribution in [3.63, 3.8) is 0 Å². The fraction of sp³-hybridized carbons (Fsp3) is 0.400. The average molecular weight is 384 g/mol. The molecule has 0 N–H and O–H groups in total. The molecule has 0 saturated heterocycles. The number of hydrogen-bond acceptors (Lipinski definition) is 5. The first-order valence-corrected chi connectivity index (χ1v) is 9.21. The van der Waals surface area contributed by atoms with Gasteiger partial charge in [0.1, 0.15) is 0 Å². The van der Waals surface area contributed by atoms with Crippen molar-refractivity contribution < 1.29 is 9.53 Å². The van der Waals surface area contributed by atoms with Crippen molar-refractivity contribution in [2.24, 2.45) is 14.1 Å². The second-order valence-electron chi connectivity index (χ2n) is 6.92. The lowest BCUT2D eigenvalue weighted by Crippen LogP contribution is -2.39. The van der Waals surface area contributed by atoms with Gasteiger partial charge in [-0.3, -0.25) is 18.7 Å². The summed E-state index contributed by atoms with van der Waals surface area (Å²) in [7, 11) is 3.29. The smallest absolute Gasteiger partial charge is 0.332 e. The molecule has 148 valence electrons. The summed E-state index contributed by atoms with van der Waals surface area (Å²) in [4.78, 5) is 41.1. The Hall–Kier alpha value is -3.16. The zero-order valence-corrected chi connectivity index (χ0v) is 16.3. The lowest BCUT2D eigenvalue weighted by molar-refractivity contribution is -0.144. The van der Waals surface area contributed by atoms with Crippen LogP contribution in [-0.2, 0) is 30.2 Å². The third-order valence-corrected chi connectivity index (χ3v) is 4.83. The first-order chi connectivity index (χ1) is 13.4. The molecule has 2 heterocycles. The van der Waals surface area contributed by atoms with Crippen LogP contribution in [0.5, 0.6) is 0 Å². The molecule has 1 atom stereocenters. The fourth-order valence-electron chi connectivity index (χ4n) is 3.21. The van der Waals surface area contributed by atoms with E-state index in [0.29, 0.717) is 17.6 Å². The lowest BCUT2D eigenvalue weighted by Gasteiger charge is -2.12. The number of carbonyl (C=O) groups is 1. The number of nitrogens with zero attached hydrogens (tertiary/aromatic N) is 4. The Balaban J connectivity index is 1.58. The predicted molar refractivity (Wildman–Crippen MR) is 105 cm³/mol. The standard InChI is InChI=1S/C20H24N4O4/c1-14(15-8-5-4-6-9-15)12-16(25)28-11-7-10-24-19(26)17-18(21-13-22(17)2)23(3)20(24)27/h4-6,8-9,13-14H,7,10-12H2,1-3H3/t14-/m0/s1. The minimum atomic E-state index is -0.430. The molecule has 8 heteroatoms. The molecule has 0 aliphatic rings. The molecule has 0 aliphatic carbocycles. The van der Waals surface area contributed by atoms with E-state index in [1.54, 1.807) is 18.7 Å². The van der Waals surface area contributed by atoms with Crippen molar-refractivity contribution in [1.82, 2.24) is 18.7 Å². The van der Waals surface area contributed by atoms with Crippen LogP contribution >= 0.6 is 0 Å². The van der Waals surface area contributed by atoms with Crippen LogP contribution in [0.25, 0.3) is 11.2 Å². The first kappa shape index (κ1) is 19.6. The summed E-state index contributed by atoms with van der Waals surface area (Å²) >= 11 is 0. The van der Waals surface area contributed by atoms with Gasteiger partial charge in [-0.15, -0.1) is 0 Å². The highest BCUT2D eigenvalue weighted by atomic mass is 16.5. The summed E-state index contributed by atoms with van der Waals surface area (Å²) in [5.74, 6) is -0.227. The van der Waals surface area contributed by atoms with E-state index in [9.17, 15) is 14.4 Å². The average Bonchev–Trinajstić information content (AvgIpc) is 3.08. The van der Waals surface area contributed by atoms with Crippen molar-refractivity contribution >= 4 is 17.1 Å². The van der Waals surface area contributed by atoms with Gasteiger partial charge >= 0.3 is 11.7 Å². The van der Waals surface area contributed by atoms with Crippen molar-refractivity contribution in [1.29, 1.82) is 0 Å². The van der Waals surface area contributed by atoms with E-state index in [2.05, 4.69) is 4.98 Å². The quantitative estimate of drug-likeness (QED) is 0.456. The van der Waals surface area contributed by atoms with Crippen LogP contribution in [-0.4, -0.2) is 31.3 Å². The summed E-state index contributed by atoms with van der Waals surface area (Å²) in [5.41, 5.74) is 0.993. The maximum absolute atomic E-state index is 12.6. The molecule has 0 fully saturated rings. The maximum atomic E-state index is 12.6. The molecule has 0 saturated carbocycles. The molecule has 28 heavy (non-hydrogen) atoms. The van der Waals surface area contributed by atoms with Crippen LogP contribution < -0.4 is 11.2 Å². The number of hydrogen-bond donors (Lipinski definition) is 0. The number of aromatic nitrogens is 4. The van der Waals surface area contributed by atoms with E-state index < -0.39 is 5.69 Å². The van der Waals surface area contributed by atoms with Gasteiger partial charge in [0.05, 0.1) is 19.4 Å². The number of fused-ring (bicyclic) bond motifs is 1. The molecular formula is C20H24N4O4. The molecule has 0 amide bonds. The number of rotatable bonds is 7. The minimum absolute atomic E-state index is 0.0656. The molecule has 0 radical (unpaired) electrons. The first-order valence-electron chi connectivity index (χ1n) is 9.21. The topological polar surface area (TPSA) is 88.1 Å². The molecule has 8 nitrogen and oxygen atoms in total. The number of aryl methyl sites for hydroxylation is 2. The van der Waals surface area contributed by atoms with Gasteiger partial charge in [-0.1, -0.05) is 37.3 Å². The van der Waals surface area contributed by atoms with Gasteiger partial charge in [-0.05, 0) is 17.9 Å². The van der Waals surface area contributed by atoms with Gasteiger partial charge in [0.25, 0.3) is 5.56 Å². The zero-order chi connectivity index (χ0) is 20.3. The van der Waals surface area contributed by atoms with Gasteiger partial charge in [-0.25, -0.2) is 9.78 Å². The van der Waals surface area contributed by atoms with Crippen LogP contribution in [0, 0.1) is 0 Å². The summed E-state index contributed by atoms with van der Waals surface area (Å²) < 4.78 is 9.39. The Labute approximate surface area is 162 Å². The Bertz CT molecular complexity index is 1100. The molecular weight excluding hydrogens is 360 g/mol. The largest absolute Gasteiger partial charge is 0.466 e. The highest BCUT2D eigenvalue weighted by Crippen LogP contribution is 2.18. The van der Waals surface area contributed by atoms with Crippen molar-refractivity contribution in [3.8, 4) is 0 Å². The van der Waals surface area contributed by atoms with Gasteiger partial charge in [-0.2, -0.15) is 0 Å². The van der Waals surface area contributed by atoms with Crippen molar-refractivity contribution in [2.45, 2.75) is 32.2 Å². The van der Waals surface area contributed by atoms with Crippen LogP contribution in [0.15, 0.2) is 46.2 Å². The molecule has 0 bridgehead atoms. The zero-order valence-electron chi connectivity index (χ0n) is 16.3. The minimum Gasteiger partial charge on any atom is -0.466 e. The molecule has 0 unspecified atom stereocenters. The van der Waals surface area contributed by atoms with E-state index in [4.69, 9.17) is 4.74 Å². The second-order valence-corrected chi connectivity index (χ2v) is 6.92. The third-order valence-electron chi connectivity index (χ3n) is 4.83. The summed E-state index contributed by atoms with van der Waals surface area (Å²) in [6.45, 7) is 2.30. The van der Waals surface area contributed by atoms with E-state index in [-0.39, 0.29) is 37.0 Å². The van der Waals surface area contributed by atoms with Crippen molar-refractivity contribution in [3.05, 3.63) is 63.1 Å². The Morgan fingerprint density at radius 3 is 2.61 bits per heavy atom. The van der Waals surface area contributed by atoms with Crippen LogP contribution in [0.1, 0.15) is 31.2 Å². The Morgan fingerprint density at radius 2 is 1.89 bits per heavy atom. The second kappa shape index (κ2) is 8.24. The number of imidazole rings is 1. The highest BCUT2D eigenvalue weighted by Gasteiger charge is 2.15. The van der Waals surface area contributed by atoms with Crippen molar-refractivity contribution in [2.75, 3.05) is 6.61 Å². The lowest BCUT2D eigenvalue weighted by atomic mass is 9.98. The number of benzene rings is 1. The Morgan fingerprint density at radius 1 is 1.18 bits per heavy atom. The predicted octanol–water partition coefficient (Wildman–Crippen LogP) is 1.56. The van der Waals surface area contributed by atoms with Crippen LogP contribution in [0.2, 0.25) is 0 Å². The molecule has 0 aliphatic heterocycles. The normalized spacial score (nSPS) is 12.2. The number of carbonyl (C=O) groups excluding carboxylic acids is 1. The Kier molecular flexibility index (Phi) is 5.77. The molecule has 3 rings (SSSR count). The van der Waals surface area contributed by atoms with E-state index in [1.807, 2.05) is 37.3 Å². The molecule has 0 spiro atoms. The van der Waals surface area contributed by atoms with Crippen LogP contribution in [0.4, 0.5) is 0 Å². The van der Waals surface area contributed by atoms with Gasteiger partial charge in [0.2, 0.25) is 0 Å². The summed E-state index contributed by atoms with van der Waals surface area (Å²) in [5, 5.41) is 0. The van der Waals surface area contributed by atoms with E-state index in [0.717, 1.165) is 10.1 Å². The monoisotopic (exact) mass is 384 g/mol. The van der Waals surface area contributed by atoms with Crippen LogP contribution in [0.3, 0.4) is 0 Å². The highest BCUT2D eigenvalue weighted by molar-refractivity contribution is 5.70. The summed E-state index contributed by atoms with van der Waals surface area (Å²) in [6.07, 6.45) is 2.17. The molecule has 1 aromatic carbocycles. The van der Waals surface area contributed by atoms with Gasteiger partial charge in [0.15, 0.2) is 11.2 Å². The van der Waals surface area contributed by atoms with E-state index >= 15 is 0 Å². The third kappa shape index (κ3) is 3.90. The SMILES string of the molecule is C[C@@H](CC(=O)OCCCn1c(=O)c2c(ncn2C)n(C)c1=O)c1ccccc1. The molecule has 3 aromatic rings. The van der Waals surface area contributed by atoms with E-state index in [1.165, 1.54) is 10.9 Å².